The largest absolute Gasteiger partial charge is 0.494 e. The molecule has 4 aromatic rings. The molecule has 0 spiro atoms. The van der Waals surface area contributed by atoms with Gasteiger partial charge in [-0.05, 0) is 42.7 Å². The van der Waals surface area contributed by atoms with Gasteiger partial charge in [0.2, 0.25) is 5.95 Å². The predicted octanol–water partition coefficient (Wildman–Crippen LogP) is 5.08. The molecule has 162 valence electrons. The first-order chi connectivity index (χ1) is 15.1. The van der Waals surface area contributed by atoms with Crippen molar-refractivity contribution >= 4 is 28.1 Å². The molecule has 0 unspecified atom stereocenters. The number of fused-ring (bicyclic) bond motifs is 3. The average molecular weight is 418 g/mol. The molecule has 0 aliphatic heterocycles. The average Bonchev–Trinajstić information content (AvgIpc) is 3.22. The van der Waals surface area contributed by atoms with Crippen molar-refractivity contribution in [2.75, 3.05) is 30.8 Å². The number of methoxy groups -OCH3 is 1. The fourth-order valence-corrected chi connectivity index (χ4v) is 4.08. The lowest BCUT2D eigenvalue weighted by molar-refractivity contribution is 0.419. The molecule has 2 aromatic carbocycles. The number of anilines is 2. The summed E-state index contributed by atoms with van der Waals surface area (Å²) in [5, 5.41) is 5.70. The summed E-state index contributed by atoms with van der Waals surface area (Å²) in [6.07, 6.45) is 4.33. The standard InChI is InChI=1S/C25H31N5O/c1-4-6-15-29(14-5-2)20-12-10-18(11-13-20)16-19-17-22-21-8-7-9-23(31-3)24(21)27-25(26)30(22)28-19/h7-13,17H,4-6,14-16H2,1-3H3,(H2,26,27). The van der Waals surface area contributed by atoms with E-state index in [4.69, 9.17) is 15.6 Å². The van der Waals surface area contributed by atoms with E-state index < -0.39 is 0 Å². The number of para-hydroxylation sites is 1. The zero-order valence-corrected chi connectivity index (χ0v) is 18.6. The molecule has 2 N–H and O–H groups in total. The highest BCUT2D eigenvalue weighted by Crippen LogP contribution is 2.29. The highest BCUT2D eigenvalue weighted by molar-refractivity contribution is 5.97. The number of nitrogen functional groups attached to an aromatic ring is 1. The summed E-state index contributed by atoms with van der Waals surface area (Å²) in [6.45, 7) is 6.67. The van der Waals surface area contributed by atoms with Crippen LogP contribution in [0.5, 0.6) is 5.75 Å². The van der Waals surface area contributed by atoms with Crippen LogP contribution in [0.25, 0.3) is 16.4 Å². The molecule has 0 aliphatic rings. The monoisotopic (exact) mass is 417 g/mol. The Bertz CT molecular complexity index is 1170. The van der Waals surface area contributed by atoms with Gasteiger partial charge in [-0.1, -0.05) is 44.5 Å². The topological polar surface area (TPSA) is 68.7 Å². The fourth-order valence-electron chi connectivity index (χ4n) is 4.08. The molecule has 0 radical (unpaired) electrons. The van der Waals surface area contributed by atoms with Crippen molar-refractivity contribution in [3.05, 3.63) is 59.8 Å². The summed E-state index contributed by atoms with van der Waals surface area (Å²) in [5.74, 6) is 1.07. The lowest BCUT2D eigenvalue weighted by Gasteiger charge is -2.24. The lowest BCUT2D eigenvalue weighted by atomic mass is 10.1. The van der Waals surface area contributed by atoms with Crippen molar-refractivity contribution < 1.29 is 4.74 Å². The summed E-state index contributed by atoms with van der Waals surface area (Å²) in [4.78, 5) is 6.99. The Morgan fingerprint density at radius 3 is 2.55 bits per heavy atom. The number of benzene rings is 2. The number of unbranched alkanes of at least 4 members (excludes halogenated alkanes) is 1. The van der Waals surface area contributed by atoms with Crippen LogP contribution in [0.1, 0.15) is 44.4 Å². The van der Waals surface area contributed by atoms with Gasteiger partial charge in [0.15, 0.2) is 0 Å². The van der Waals surface area contributed by atoms with E-state index in [2.05, 4.69) is 54.1 Å². The van der Waals surface area contributed by atoms with Crippen LogP contribution in [-0.4, -0.2) is 34.8 Å². The van der Waals surface area contributed by atoms with Gasteiger partial charge in [0.05, 0.1) is 18.3 Å². The smallest absolute Gasteiger partial charge is 0.222 e. The first kappa shape index (κ1) is 21.0. The predicted molar refractivity (Wildman–Crippen MR) is 128 cm³/mol. The molecule has 2 aromatic heterocycles. The molecule has 0 fully saturated rings. The molecule has 0 aliphatic carbocycles. The third kappa shape index (κ3) is 4.29. The quantitative estimate of drug-likeness (QED) is 0.411. The third-order valence-corrected chi connectivity index (χ3v) is 5.66. The fraction of sp³-hybridized carbons (Fsp3) is 0.360. The van der Waals surface area contributed by atoms with Crippen molar-refractivity contribution in [2.24, 2.45) is 0 Å². The zero-order valence-electron chi connectivity index (χ0n) is 18.6. The SMILES string of the molecule is CCCCN(CCC)c1ccc(Cc2cc3c4cccc(OC)c4nc(N)n3n2)cc1. The van der Waals surface area contributed by atoms with Gasteiger partial charge < -0.3 is 15.4 Å². The van der Waals surface area contributed by atoms with Crippen LogP contribution in [0.3, 0.4) is 0 Å². The maximum Gasteiger partial charge on any atom is 0.222 e. The number of aromatic nitrogens is 3. The molecule has 2 heterocycles. The number of ether oxygens (including phenoxy) is 1. The van der Waals surface area contributed by atoms with Gasteiger partial charge in [-0.2, -0.15) is 9.61 Å². The van der Waals surface area contributed by atoms with Crippen LogP contribution in [0.4, 0.5) is 11.6 Å². The molecular weight excluding hydrogens is 386 g/mol. The van der Waals surface area contributed by atoms with E-state index in [9.17, 15) is 0 Å². The minimum atomic E-state index is 0.361. The molecule has 0 saturated carbocycles. The molecular formula is C25H31N5O. The molecule has 0 atom stereocenters. The van der Waals surface area contributed by atoms with Crippen LogP contribution in [0.2, 0.25) is 0 Å². The van der Waals surface area contributed by atoms with Crippen molar-refractivity contribution in [3.63, 3.8) is 0 Å². The zero-order chi connectivity index (χ0) is 21.8. The molecule has 6 nitrogen and oxygen atoms in total. The van der Waals surface area contributed by atoms with E-state index in [0.717, 1.165) is 48.0 Å². The number of nitrogens with two attached hydrogens (primary N) is 1. The van der Waals surface area contributed by atoms with Crippen molar-refractivity contribution in [1.29, 1.82) is 0 Å². The van der Waals surface area contributed by atoms with Crippen molar-refractivity contribution in [1.82, 2.24) is 14.6 Å². The number of hydrogen-bond donors (Lipinski definition) is 1. The summed E-state index contributed by atoms with van der Waals surface area (Å²) in [6, 6.07) is 16.8. The van der Waals surface area contributed by atoms with E-state index in [1.807, 2.05) is 18.2 Å². The van der Waals surface area contributed by atoms with Gasteiger partial charge >= 0.3 is 0 Å². The van der Waals surface area contributed by atoms with Crippen molar-refractivity contribution in [2.45, 2.75) is 39.5 Å². The second kappa shape index (κ2) is 9.25. The van der Waals surface area contributed by atoms with Gasteiger partial charge in [-0.15, -0.1) is 0 Å². The van der Waals surface area contributed by atoms with Gasteiger partial charge in [-0.3, -0.25) is 0 Å². The molecule has 31 heavy (non-hydrogen) atoms. The first-order valence-electron chi connectivity index (χ1n) is 11.1. The Labute approximate surface area is 183 Å². The molecule has 0 saturated heterocycles. The summed E-state index contributed by atoms with van der Waals surface area (Å²) >= 11 is 0. The van der Waals surface area contributed by atoms with Crippen LogP contribution in [-0.2, 0) is 6.42 Å². The molecule has 0 amide bonds. The Hall–Kier alpha value is -3.28. The Morgan fingerprint density at radius 1 is 1.03 bits per heavy atom. The second-order valence-electron chi connectivity index (χ2n) is 7.94. The van der Waals surface area contributed by atoms with Crippen LogP contribution >= 0.6 is 0 Å². The van der Waals surface area contributed by atoms with Gasteiger partial charge in [0, 0.05) is 30.6 Å². The van der Waals surface area contributed by atoms with Crippen LogP contribution in [0.15, 0.2) is 48.5 Å². The summed E-state index contributed by atoms with van der Waals surface area (Å²) in [7, 11) is 1.65. The van der Waals surface area contributed by atoms with E-state index in [-0.39, 0.29) is 0 Å². The highest BCUT2D eigenvalue weighted by atomic mass is 16.5. The Kier molecular flexibility index (Phi) is 6.26. The van der Waals surface area contributed by atoms with Crippen molar-refractivity contribution in [3.8, 4) is 5.75 Å². The van der Waals surface area contributed by atoms with Gasteiger partial charge in [0.1, 0.15) is 11.3 Å². The van der Waals surface area contributed by atoms with Crippen LogP contribution in [0, 0.1) is 0 Å². The van der Waals surface area contributed by atoms with Gasteiger partial charge in [0.25, 0.3) is 0 Å². The molecule has 6 heteroatoms. The maximum absolute atomic E-state index is 6.20. The molecule has 4 rings (SSSR count). The maximum atomic E-state index is 6.20. The molecule has 0 bridgehead atoms. The summed E-state index contributed by atoms with van der Waals surface area (Å²) < 4.78 is 7.18. The number of nitrogens with zero attached hydrogens (tertiary/aromatic N) is 4. The Balaban J connectivity index is 1.61. The summed E-state index contributed by atoms with van der Waals surface area (Å²) in [5.41, 5.74) is 11.4. The van der Waals surface area contributed by atoms with Gasteiger partial charge in [-0.25, -0.2) is 4.98 Å². The first-order valence-corrected chi connectivity index (χ1v) is 11.1. The van der Waals surface area contributed by atoms with E-state index in [0.29, 0.717) is 11.7 Å². The minimum absolute atomic E-state index is 0.361. The van der Waals surface area contributed by atoms with E-state index in [1.54, 1.807) is 11.6 Å². The van der Waals surface area contributed by atoms with Crippen LogP contribution < -0.4 is 15.4 Å². The minimum Gasteiger partial charge on any atom is -0.494 e. The number of rotatable bonds is 9. The Morgan fingerprint density at radius 2 is 1.84 bits per heavy atom. The van der Waals surface area contributed by atoms with E-state index >= 15 is 0 Å². The van der Waals surface area contributed by atoms with E-state index in [1.165, 1.54) is 24.1 Å². The number of hydrogen-bond acceptors (Lipinski definition) is 5. The highest BCUT2D eigenvalue weighted by Gasteiger charge is 2.13. The normalized spacial score (nSPS) is 11.3. The second-order valence-corrected chi connectivity index (χ2v) is 7.94. The third-order valence-electron chi connectivity index (χ3n) is 5.66. The lowest BCUT2D eigenvalue weighted by Crippen LogP contribution is -2.25.